The third-order valence-corrected chi connectivity index (χ3v) is 4.48. The minimum Gasteiger partial charge on any atom is -0.265 e. The Morgan fingerprint density at radius 3 is 2.62 bits per heavy atom. The molecule has 0 spiro atoms. The van der Waals surface area contributed by atoms with E-state index in [1.807, 2.05) is 29.1 Å². The van der Waals surface area contributed by atoms with Crippen LogP contribution in [0.1, 0.15) is 26.3 Å². The molecule has 0 saturated heterocycles. The van der Waals surface area contributed by atoms with Crippen molar-refractivity contribution in [2.24, 2.45) is 0 Å². The van der Waals surface area contributed by atoms with Crippen LogP contribution in [0.3, 0.4) is 0 Å². The van der Waals surface area contributed by atoms with E-state index in [1.54, 1.807) is 12.4 Å². The Balaban J connectivity index is 2.20. The smallest absolute Gasteiger partial charge is 0.177 e. The molecule has 3 aromatic heterocycles. The number of halogens is 1. The molecular formula is C16H16FN3S. The first kappa shape index (κ1) is 13.9. The van der Waals surface area contributed by atoms with Gasteiger partial charge in [-0.05, 0) is 43.2 Å². The van der Waals surface area contributed by atoms with Crippen molar-refractivity contribution >= 4 is 11.3 Å². The van der Waals surface area contributed by atoms with Gasteiger partial charge in [0.05, 0.1) is 16.8 Å². The van der Waals surface area contributed by atoms with Crippen LogP contribution in [0.4, 0.5) is 4.39 Å². The summed E-state index contributed by atoms with van der Waals surface area (Å²) in [6.07, 6.45) is 6.34. The van der Waals surface area contributed by atoms with E-state index in [0.717, 1.165) is 39.5 Å². The molecule has 0 aliphatic carbocycles. The normalized spacial score (nSPS) is 12.5. The fourth-order valence-electron chi connectivity index (χ4n) is 2.30. The maximum Gasteiger partial charge on any atom is 0.177 e. The van der Waals surface area contributed by atoms with E-state index >= 15 is 0 Å². The maximum atomic E-state index is 13.4. The maximum absolute atomic E-state index is 13.4. The van der Waals surface area contributed by atoms with Crippen LogP contribution in [-0.2, 0) is 0 Å². The van der Waals surface area contributed by atoms with Gasteiger partial charge >= 0.3 is 0 Å². The molecule has 1 atom stereocenters. The molecule has 0 aliphatic heterocycles. The summed E-state index contributed by atoms with van der Waals surface area (Å²) >= 11 is 1.15. The average Bonchev–Trinajstić information content (AvgIpc) is 3.13. The van der Waals surface area contributed by atoms with Crippen molar-refractivity contribution in [1.29, 1.82) is 0 Å². The zero-order chi connectivity index (χ0) is 14.8. The molecular weight excluding hydrogens is 285 g/mol. The molecule has 0 amide bonds. The first-order chi connectivity index (χ1) is 10.2. The minimum absolute atomic E-state index is 0.178. The Kier molecular flexibility index (Phi) is 3.84. The highest BCUT2D eigenvalue weighted by Crippen LogP contribution is 2.37. The van der Waals surface area contributed by atoms with Crippen LogP contribution in [0.5, 0.6) is 0 Å². The van der Waals surface area contributed by atoms with E-state index < -0.39 is 0 Å². The second-order valence-electron chi connectivity index (χ2n) is 4.95. The van der Waals surface area contributed by atoms with E-state index in [0.29, 0.717) is 0 Å². The Morgan fingerprint density at radius 1 is 1.24 bits per heavy atom. The molecule has 3 rings (SSSR count). The van der Waals surface area contributed by atoms with Crippen molar-refractivity contribution in [2.45, 2.75) is 26.3 Å². The van der Waals surface area contributed by atoms with Crippen LogP contribution >= 0.6 is 11.3 Å². The summed E-state index contributed by atoms with van der Waals surface area (Å²) in [6, 6.07) is 7.49. The summed E-state index contributed by atoms with van der Waals surface area (Å²) in [5.41, 5.74) is 3.03. The summed E-state index contributed by atoms with van der Waals surface area (Å²) in [5, 5.41) is 4.35. The number of rotatable bonds is 4. The Morgan fingerprint density at radius 2 is 2.00 bits per heavy atom. The van der Waals surface area contributed by atoms with Gasteiger partial charge in [0.2, 0.25) is 0 Å². The van der Waals surface area contributed by atoms with Gasteiger partial charge in [0, 0.05) is 24.0 Å². The Labute approximate surface area is 127 Å². The molecule has 3 heterocycles. The zero-order valence-electron chi connectivity index (χ0n) is 12.0. The predicted octanol–water partition coefficient (Wildman–Crippen LogP) is 4.78. The molecule has 0 N–H and O–H groups in total. The largest absolute Gasteiger partial charge is 0.265 e. The number of pyridine rings is 1. The van der Waals surface area contributed by atoms with Crippen molar-refractivity contribution in [3.05, 3.63) is 48.0 Å². The summed E-state index contributed by atoms with van der Waals surface area (Å²) in [4.78, 5) is 4.95. The zero-order valence-corrected chi connectivity index (χ0v) is 12.8. The number of hydrogen-bond acceptors (Lipinski definition) is 3. The van der Waals surface area contributed by atoms with Crippen molar-refractivity contribution in [3.63, 3.8) is 0 Å². The molecule has 0 aromatic carbocycles. The van der Waals surface area contributed by atoms with E-state index in [4.69, 9.17) is 0 Å². The lowest BCUT2D eigenvalue weighted by atomic mass is 10.1. The van der Waals surface area contributed by atoms with Crippen LogP contribution in [0.2, 0.25) is 0 Å². The van der Waals surface area contributed by atoms with Crippen molar-refractivity contribution in [3.8, 4) is 21.7 Å². The van der Waals surface area contributed by atoms with Crippen LogP contribution < -0.4 is 0 Å². The summed E-state index contributed by atoms with van der Waals surface area (Å²) in [6.45, 7) is 4.24. The molecule has 0 fully saturated rings. The van der Waals surface area contributed by atoms with Crippen LogP contribution in [0.15, 0.2) is 42.9 Å². The van der Waals surface area contributed by atoms with Gasteiger partial charge in [-0.2, -0.15) is 9.49 Å². The van der Waals surface area contributed by atoms with Gasteiger partial charge in [-0.25, -0.2) is 0 Å². The molecule has 21 heavy (non-hydrogen) atoms. The number of hydrogen-bond donors (Lipinski definition) is 0. The number of nitrogens with zero attached hydrogens (tertiary/aromatic N) is 3. The lowest BCUT2D eigenvalue weighted by Gasteiger charge is -2.14. The highest BCUT2D eigenvalue weighted by atomic mass is 32.1. The third-order valence-electron chi connectivity index (χ3n) is 3.60. The van der Waals surface area contributed by atoms with Gasteiger partial charge in [-0.3, -0.25) is 9.67 Å². The highest BCUT2D eigenvalue weighted by Gasteiger charge is 2.19. The monoisotopic (exact) mass is 301 g/mol. The second-order valence-corrected chi connectivity index (χ2v) is 5.98. The molecule has 108 valence electrons. The molecule has 1 unspecified atom stereocenters. The van der Waals surface area contributed by atoms with E-state index in [2.05, 4.69) is 23.9 Å². The predicted molar refractivity (Wildman–Crippen MR) is 83.7 cm³/mol. The number of aromatic nitrogens is 3. The first-order valence-corrected chi connectivity index (χ1v) is 7.76. The van der Waals surface area contributed by atoms with Gasteiger partial charge in [0.25, 0.3) is 0 Å². The van der Waals surface area contributed by atoms with E-state index in [1.165, 1.54) is 6.07 Å². The number of thiophene rings is 1. The second kappa shape index (κ2) is 5.77. The lowest BCUT2D eigenvalue weighted by Crippen LogP contribution is -2.07. The molecule has 3 aromatic rings. The lowest BCUT2D eigenvalue weighted by molar-refractivity contribution is 0.483. The Bertz CT molecular complexity index is 733. The van der Waals surface area contributed by atoms with Gasteiger partial charge in [0.1, 0.15) is 0 Å². The first-order valence-electron chi connectivity index (χ1n) is 6.94. The third kappa shape index (κ3) is 2.61. The molecule has 0 aliphatic rings. The standard InChI is InChI=1S/C16H16FN3S/c1-3-11(2)20-16(14-4-5-15(17)21-14)13(10-19-20)12-6-8-18-9-7-12/h4-11H,3H2,1-2H3. The fourth-order valence-corrected chi connectivity index (χ4v) is 3.08. The van der Waals surface area contributed by atoms with Crippen LogP contribution in [0.25, 0.3) is 21.7 Å². The SMILES string of the molecule is CCC(C)n1ncc(-c2ccncc2)c1-c1ccc(F)s1. The van der Waals surface area contributed by atoms with Gasteiger partial charge in [-0.1, -0.05) is 6.92 Å². The molecule has 0 bridgehead atoms. The molecule has 3 nitrogen and oxygen atoms in total. The minimum atomic E-state index is -0.178. The van der Waals surface area contributed by atoms with Gasteiger partial charge < -0.3 is 0 Å². The highest BCUT2D eigenvalue weighted by molar-refractivity contribution is 7.13. The quantitative estimate of drug-likeness (QED) is 0.694. The van der Waals surface area contributed by atoms with Crippen molar-refractivity contribution < 1.29 is 4.39 Å². The summed E-state index contributed by atoms with van der Waals surface area (Å²) in [5.74, 6) is 0. The summed E-state index contributed by atoms with van der Waals surface area (Å²) in [7, 11) is 0. The molecule has 0 saturated carbocycles. The van der Waals surface area contributed by atoms with Crippen molar-refractivity contribution in [1.82, 2.24) is 14.8 Å². The van der Waals surface area contributed by atoms with E-state index in [9.17, 15) is 4.39 Å². The summed E-state index contributed by atoms with van der Waals surface area (Å²) < 4.78 is 15.4. The van der Waals surface area contributed by atoms with Crippen LogP contribution in [-0.4, -0.2) is 14.8 Å². The van der Waals surface area contributed by atoms with Crippen LogP contribution in [0, 0.1) is 5.13 Å². The van der Waals surface area contributed by atoms with Crippen molar-refractivity contribution in [2.75, 3.05) is 0 Å². The van der Waals surface area contributed by atoms with Gasteiger partial charge in [-0.15, -0.1) is 11.3 Å². The molecule has 5 heteroatoms. The van der Waals surface area contributed by atoms with Gasteiger partial charge in [0.15, 0.2) is 5.13 Å². The topological polar surface area (TPSA) is 30.7 Å². The fraction of sp³-hybridized carbons (Fsp3) is 0.250. The Hall–Kier alpha value is -2.01. The van der Waals surface area contributed by atoms with E-state index in [-0.39, 0.29) is 11.2 Å². The molecule has 0 radical (unpaired) electrons. The average molecular weight is 301 g/mol.